The van der Waals surface area contributed by atoms with Gasteiger partial charge >= 0.3 is 0 Å². The van der Waals surface area contributed by atoms with Crippen LogP contribution in [0.15, 0.2) is 24.3 Å². The van der Waals surface area contributed by atoms with Crippen molar-refractivity contribution in [2.45, 2.75) is 32.0 Å². The van der Waals surface area contributed by atoms with Gasteiger partial charge in [-0.1, -0.05) is 6.07 Å². The first kappa shape index (κ1) is 14.7. The van der Waals surface area contributed by atoms with E-state index >= 15 is 0 Å². The molecule has 5 nitrogen and oxygen atoms in total. The Hall–Kier alpha value is -1.75. The van der Waals surface area contributed by atoms with Crippen molar-refractivity contribution in [2.75, 3.05) is 20.3 Å². The van der Waals surface area contributed by atoms with Crippen LogP contribution in [0.1, 0.15) is 19.8 Å². The van der Waals surface area contributed by atoms with E-state index < -0.39 is 6.10 Å². The van der Waals surface area contributed by atoms with Crippen LogP contribution in [0.5, 0.6) is 11.5 Å². The van der Waals surface area contributed by atoms with Crippen LogP contribution >= 0.6 is 0 Å². The van der Waals surface area contributed by atoms with Crippen molar-refractivity contribution in [3.05, 3.63) is 24.3 Å². The molecule has 1 aliphatic rings. The first-order valence-electron chi connectivity index (χ1n) is 6.89. The van der Waals surface area contributed by atoms with Gasteiger partial charge in [0, 0.05) is 19.2 Å². The van der Waals surface area contributed by atoms with Crippen molar-refractivity contribution in [1.82, 2.24) is 5.32 Å². The van der Waals surface area contributed by atoms with Gasteiger partial charge in [0.1, 0.15) is 11.5 Å². The van der Waals surface area contributed by atoms with Crippen molar-refractivity contribution < 1.29 is 19.0 Å². The number of methoxy groups -OCH3 is 1. The largest absolute Gasteiger partial charge is 0.497 e. The fourth-order valence-corrected chi connectivity index (χ4v) is 2.10. The molecule has 0 unspecified atom stereocenters. The Morgan fingerprint density at radius 3 is 3.00 bits per heavy atom. The summed E-state index contributed by atoms with van der Waals surface area (Å²) in [5.41, 5.74) is 0. The van der Waals surface area contributed by atoms with Crippen LogP contribution in [0, 0.1) is 0 Å². The summed E-state index contributed by atoms with van der Waals surface area (Å²) < 4.78 is 16.2. The molecule has 5 heteroatoms. The van der Waals surface area contributed by atoms with E-state index in [1.165, 1.54) is 0 Å². The third-order valence-corrected chi connectivity index (χ3v) is 3.25. The van der Waals surface area contributed by atoms with Gasteiger partial charge in [0.25, 0.3) is 5.91 Å². The molecule has 1 aromatic carbocycles. The Balaban J connectivity index is 1.80. The number of hydrogen-bond acceptors (Lipinski definition) is 4. The Labute approximate surface area is 119 Å². The van der Waals surface area contributed by atoms with Gasteiger partial charge in [0.15, 0.2) is 6.10 Å². The van der Waals surface area contributed by atoms with Gasteiger partial charge in [-0.3, -0.25) is 4.79 Å². The van der Waals surface area contributed by atoms with Gasteiger partial charge in [-0.05, 0) is 31.9 Å². The van der Waals surface area contributed by atoms with Crippen LogP contribution in [0.4, 0.5) is 0 Å². The van der Waals surface area contributed by atoms with Crippen molar-refractivity contribution >= 4 is 5.91 Å². The quantitative estimate of drug-likeness (QED) is 0.862. The summed E-state index contributed by atoms with van der Waals surface area (Å²) in [7, 11) is 1.59. The molecule has 2 atom stereocenters. The minimum absolute atomic E-state index is 0.136. The number of rotatable bonds is 6. The maximum Gasteiger partial charge on any atom is 0.260 e. The Morgan fingerprint density at radius 2 is 2.30 bits per heavy atom. The first-order valence-corrected chi connectivity index (χ1v) is 6.89. The molecule has 1 amide bonds. The second-order valence-electron chi connectivity index (χ2n) is 4.82. The standard InChI is InChI=1S/C15H21NO4/c1-11(15(17)16-10-14-7-4-8-19-14)20-13-6-3-5-12(9-13)18-2/h3,5-6,9,11,14H,4,7-8,10H2,1-2H3,(H,16,17)/t11-,14+/m1/s1. The summed E-state index contributed by atoms with van der Waals surface area (Å²) in [4.78, 5) is 11.9. The summed E-state index contributed by atoms with van der Waals surface area (Å²) >= 11 is 0. The molecule has 2 rings (SSSR count). The molecule has 0 bridgehead atoms. The number of carbonyl (C=O) groups is 1. The molecule has 1 heterocycles. The fraction of sp³-hybridized carbons (Fsp3) is 0.533. The second kappa shape index (κ2) is 7.14. The summed E-state index contributed by atoms with van der Waals surface area (Å²) in [6.45, 7) is 3.06. The lowest BCUT2D eigenvalue weighted by atomic mass is 10.2. The predicted molar refractivity (Wildman–Crippen MR) is 75.1 cm³/mol. The summed E-state index contributed by atoms with van der Waals surface area (Å²) in [6.07, 6.45) is 1.66. The lowest BCUT2D eigenvalue weighted by molar-refractivity contribution is -0.127. The summed E-state index contributed by atoms with van der Waals surface area (Å²) in [5.74, 6) is 1.18. The molecular weight excluding hydrogens is 258 g/mol. The molecule has 110 valence electrons. The van der Waals surface area contributed by atoms with Gasteiger partial charge < -0.3 is 19.5 Å². The lowest BCUT2D eigenvalue weighted by Crippen LogP contribution is -2.40. The summed E-state index contributed by atoms with van der Waals surface area (Å²) in [5, 5.41) is 2.85. The number of nitrogens with one attached hydrogen (secondary N) is 1. The van der Waals surface area contributed by atoms with Crippen molar-refractivity contribution in [3.8, 4) is 11.5 Å². The second-order valence-corrected chi connectivity index (χ2v) is 4.82. The normalized spacial score (nSPS) is 19.4. The monoisotopic (exact) mass is 279 g/mol. The number of ether oxygens (including phenoxy) is 3. The third-order valence-electron chi connectivity index (χ3n) is 3.25. The van der Waals surface area contributed by atoms with Gasteiger partial charge in [0.2, 0.25) is 0 Å². The molecule has 1 aromatic rings. The molecule has 0 radical (unpaired) electrons. The van der Waals surface area contributed by atoms with E-state index in [1.54, 1.807) is 26.2 Å². The highest BCUT2D eigenvalue weighted by molar-refractivity contribution is 5.80. The SMILES string of the molecule is COc1cccc(O[C@H](C)C(=O)NC[C@@H]2CCCO2)c1. The zero-order valence-corrected chi connectivity index (χ0v) is 11.9. The van der Waals surface area contributed by atoms with Gasteiger partial charge in [0.05, 0.1) is 13.2 Å². The van der Waals surface area contributed by atoms with Gasteiger partial charge in [-0.15, -0.1) is 0 Å². The molecule has 1 aliphatic heterocycles. The Bertz CT molecular complexity index is 443. The highest BCUT2D eigenvalue weighted by Crippen LogP contribution is 2.20. The highest BCUT2D eigenvalue weighted by atomic mass is 16.5. The maximum atomic E-state index is 11.9. The number of amides is 1. The van der Waals surface area contributed by atoms with E-state index in [0.29, 0.717) is 18.0 Å². The Kier molecular flexibility index (Phi) is 5.24. The van der Waals surface area contributed by atoms with Crippen LogP contribution in [-0.4, -0.2) is 38.4 Å². The molecule has 20 heavy (non-hydrogen) atoms. The molecule has 0 aromatic heterocycles. The fourth-order valence-electron chi connectivity index (χ4n) is 2.10. The average Bonchev–Trinajstić information content (AvgIpc) is 2.98. The molecule has 0 spiro atoms. The van der Waals surface area contributed by atoms with Gasteiger partial charge in [-0.2, -0.15) is 0 Å². The van der Waals surface area contributed by atoms with Crippen LogP contribution in [0.3, 0.4) is 0 Å². The van der Waals surface area contributed by atoms with Crippen molar-refractivity contribution in [3.63, 3.8) is 0 Å². The van der Waals surface area contributed by atoms with E-state index in [0.717, 1.165) is 19.4 Å². The predicted octanol–water partition coefficient (Wildman–Crippen LogP) is 1.76. The molecule has 0 saturated carbocycles. The third kappa shape index (κ3) is 4.13. The van der Waals surface area contributed by atoms with Crippen molar-refractivity contribution in [1.29, 1.82) is 0 Å². The van der Waals surface area contributed by atoms with Crippen LogP contribution in [0.25, 0.3) is 0 Å². The van der Waals surface area contributed by atoms with Crippen LogP contribution in [-0.2, 0) is 9.53 Å². The topological polar surface area (TPSA) is 56.8 Å². The molecule has 1 fully saturated rings. The van der Waals surface area contributed by atoms with Crippen LogP contribution < -0.4 is 14.8 Å². The van der Waals surface area contributed by atoms with E-state index in [4.69, 9.17) is 14.2 Å². The number of hydrogen-bond donors (Lipinski definition) is 1. The minimum Gasteiger partial charge on any atom is -0.497 e. The Morgan fingerprint density at radius 1 is 1.50 bits per heavy atom. The molecule has 0 aliphatic carbocycles. The van der Waals surface area contributed by atoms with Crippen LogP contribution in [0.2, 0.25) is 0 Å². The van der Waals surface area contributed by atoms with E-state index in [2.05, 4.69) is 5.32 Å². The smallest absolute Gasteiger partial charge is 0.260 e. The number of carbonyl (C=O) groups excluding carboxylic acids is 1. The lowest BCUT2D eigenvalue weighted by Gasteiger charge is -2.16. The van der Waals surface area contributed by atoms with E-state index in [-0.39, 0.29) is 12.0 Å². The highest BCUT2D eigenvalue weighted by Gasteiger charge is 2.19. The summed E-state index contributed by atoms with van der Waals surface area (Å²) in [6, 6.07) is 7.20. The maximum absolute atomic E-state index is 11.9. The first-order chi connectivity index (χ1) is 9.69. The average molecular weight is 279 g/mol. The molecule has 1 saturated heterocycles. The van der Waals surface area contributed by atoms with E-state index in [9.17, 15) is 4.79 Å². The number of benzene rings is 1. The zero-order chi connectivity index (χ0) is 14.4. The zero-order valence-electron chi connectivity index (χ0n) is 11.9. The minimum atomic E-state index is -0.552. The van der Waals surface area contributed by atoms with E-state index in [1.807, 2.05) is 12.1 Å². The molecule has 1 N–H and O–H groups in total. The molecular formula is C15H21NO4. The van der Waals surface area contributed by atoms with Crippen molar-refractivity contribution in [2.24, 2.45) is 0 Å². The van der Waals surface area contributed by atoms with Gasteiger partial charge in [-0.25, -0.2) is 0 Å².